The maximum Gasteiger partial charge on any atom is 0.219 e. The lowest BCUT2D eigenvalue weighted by Gasteiger charge is -2.06. The van der Waals surface area contributed by atoms with Crippen molar-refractivity contribution in [2.45, 2.75) is 0 Å². The fourth-order valence-electron chi connectivity index (χ4n) is 2.45. The molecule has 0 aliphatic rings. The second-order valence-electron chi connectivity index (χ2n) is 5.11. The minimum atomic E-state index is 0.0200. The third-order valence-corrected chi connectivity index (χ3v) is 4.06. The van der Waals surface area contributed by atoms with Gasteiger partial charge < -0.3 is 9.15 Å². The molecule has 0 aliphatic carbocycles. The third-order valence-electron chi connectivity index (χ3n) is 3.63. The lowest BCUT2D eigenvalue weighted by Crippen LogP contribution is -1.92. The Morgan fingerprint density at radius 2 is 2.16 bits per heavy atom. The van der Waals surface area contributed by atoms with Crippen molar-refractivity contribution in [3.63, 3.8) is 0 Å². The van der Waals surface area contributed by atoms with Crippen molar-refractivity contribution in [1.29, 1.82) is 0 Å². The highest BCUT2D eigenvalue weighted by Gasteiger charge is 2.09. The van der Waals surface area contributed by atoms with E-state index < -0.39 is 0 Å². The van der Waals surface area contributed by atoms with Crippen LogP contribution in [0.25, 0.3) is 22.2 Å². The van der Waals surface area contributed by atoms with Crippen molar-refractivity contribution < 1.29 is 17.8 Å². The zero-order chi connectivity index (χ0) is 17.2. The average molecular weight is 355 g/mol. The van der Waals surface area contributed by atoms with Crippen molar-refractivity contribution >= 4 is 29.6 Å². The van der Waals surface area contributed by atoms with Crippen LogP contribution >= 0.6 is 12.3 Å². The Bertz CT molecular complexity index is 1040. The first-order valence-corrected chi connectivity index (χ1v) is 7.89. The number of halogens is 1. The largest absolute Gasteiger partial charge is 0.463 e. The number of carbonyl (C=O) groups is 1. The van der Waals surface area contributed by atoms with Crippen LogP contribution in [0.15, 0.2) is 59.5 Å². The summed E-state index contributed by atoms with van der Waals surface area (Å²) in [5.41, 5.74) is 2.36. The normalized spacial score (nSPS) is 10.9. The zero-order valence-electron chi connectivity index (χ0n) is 12.6. The van der Waals surface area contributed by atoms with Crippen LogP contribution in [0, 0.1) is 0 Å². The van der Waals surface area contributed by atoms with Crippen LogP contribution in [0.4, 0.5) is 3.89 Å². The molecule has 1 aromatic carbocycles. The van der Waals surface area contributed by atoms with E-state index in [2.05, 4.69) is 10.1 Å². The molecular formula is C17H10FN3O3S. The Kier molecular flexibility index (Phi) is 3.95. The number of carbonyl (C=O) groups excluding carboxylic acids is 1. The maximum absolute atomic E-state index is 12.8. The summed E-state index contributed by atoms with van der Waals surface area (Å²) in [6, 6.07) is 10.3. The topological polar surface area (TPSA) is 70.2 Å². The monoisotopic (exact) mass is 355 g/mol. The Morgan fingerprint density at radius 3 is 2.92 bits per heavy atom. The number of fused-ring (bicyclic) bond motifs is 1. The number of rotatable bonds is 5. The molecule has 0 radical (unpaired) electrons. The summed E-state index contributed by atoms with van der Waals surface area (Å²) in [6.45, 7) is 0. The van der Waals surface area contributed by atoms with Crippen LogP contribution in [-0.2, 0) is 0 Å². The van der Waals surface area contributed by atoms with Crippen molar-refractivity contribution in [1.82, 2.24) is 14.2 Å². The molecular weight excluding hydrogens is 345 g/mol. The Balaban J connectivity index is 1.58. The molecule has 4 rings (SSSR count). The van der Waals surface area contributed by atoms with E-state index in [0.29, 0.717) is 34.0 Å². The van der Waals surface area contributed by atoms with E-state index in [4.69, 9.17) is 9.15 Å². The van der Waals surface area contributed by atoms with Gasteiger partial charge in [0.2, 0.25) is 5.88 Å². The molecule has 0 atom stereocenters. The number of ether oxygens (including phenoxy) is 1. The third kappa shape index (κ3) is 2.87. The van der Waals surface area contributed by atoms with Gasteiger partial charge in [0.05, 0.1) is 17.5 Å². The predicted octanol–water partition coefficient (Wildman–Crippen LogP) is 4.68. The van der Waals surface area contributed by atoms with E-state index in [9.17, 15) is 8.68 Å². The summed E-state index contributed by atoms with van der Waals surface area (Å²) < 4.78 is 25.0. The number of hydrogen-bond acceptors (Lipinski definition) is 6. The van der Waals surface area contributed by atoms with E-state index in [0.717, 1.165) is 15.8 Å². The summed E-state index contributed by atoms with van der Waals surface area (Å²) in [5, 5.41) is 4.57. The van der Waals surface area contributed by atoms with Crippen LogP contribution in [0.3, 0.4) is 0 Å². The first-order valence-electron chi connectivity index (χ1n) is 7.22. The number of aromatic nitrogens is 3. The molecule has 25 heavy (non-hydrogen) atoms. The van der Waals surface area contributed by atoms with Crippen molar-refractivity contribution in [3.05, 3.63) is 60.6 Å². The van der Waals surface area contributed by atoms with E-state index in [1.54, 1.807) is 42.6 Å². The zero-order valence-corrected chi connectivity index (χ0v) is 13.4. The van der Waals surface area contributed by atoms with Crippen molar-refractivity contribution in [3.8, 4) is 22.9 Å². The van der Waals surface area contributed by atoms with Gasteiger partial charge in [-0.25, -0.2) is 4.98 Å². The second-order valence-corrected chi connectivity index (χ2v) is 5.60. The number of aldehydes is 1. The van der Waals surface area contributed by atoms with Crippen LogP contribution < -0.4 is 4.74 Å². The summed E-state index contributed by atoms with van der Waals surface area (Å²) >= 11 is 0.0200. The summed E-state index contributed by atoms with van der Waals surface area (Å²) in [7, 11) is 0. The van der Waals surface area contributed by atoms with Gasteiger partial charge in [0, 0.05) is 29.3 Å². The minimum absolute atomic E-state index is 0.0200. The molecule has 0 aliphatic heterocycles. The maximum atomic E-state index is 12.8. The molecule has 0 fully saturated rings. The van der Waals surface area contributed by atoms with E-state index >= 15 is 0 Å². The molecule has 0 saturated heterocycles. The lowest BCUT2D eigenvalue weighted by molar-refractivity contribution is 0.112. The van der Waals surface area contributed by atoms with E-state index in [1.807, 2.05) is 0 Å². The van der Waals surface area contributed by atoms with Gasteiger partial charge >= 0.3 is 0 Å². The van der Waals surface area contributed by atoms with Crippen molar-refractivity contribution in [2.75, 3.05) is 0 Å². The molecule has 0 spiro atoms. The molecule has 3 heterocycles. The van der Waals surface area contributed by atoms with Crippen LogP contribution in [0.2, 0.25) is 0 Å². The molecule has 6 nitrogen and oxygen atoms in total. The molecule has 0 saturated carbocycles. The smallest absolute Gasteiger partial charge is 0.219 e. The minimum Gasteiger partial charge on any atom is -0.463 e. The Hall–Kier alpha value is -3.13. The highest BCUT2D eigenvalue weighted by Crippen LogP contribution is 2.29. The lowest BCUT2D eigenvalue weighted by atomic mass is 10.2. The van der Waals surface area contributed by atoms with Gasteiger partial charge in [-0.15, -0.1) is 3.89 Å². The Labute approximate surface area is 145 Å². The van der Waals surface area contributed by atoms with Gasteiger partial charge in [-0.2, -0.15) is 9.19 Å². The summed E-state index contributed by atoms with van der Waals surface area (Å²) in [5.74, 6) is 0.910. The Morgan fingerprint density at radius 1 is 1.24 bits per heavy atom. The number of hydrogen-bond donors (Lipinski definition) is 0. The van der Waals surface area contributed by atoms with Gasteiger partial charge in [-0.05, 0) is 24.3 Å². The molecule has 3 aromatic heterocycles. The quantitative estimate of drug-likeness (QED) is 0.484. The van der Waals surface area contributed by atoms with Crippen molar-refractivity contribution in [2.24, 2.45) is 0 Å². The highest BCUT2D eigenvalue weighted by atomic mass is 32.2. The standard InChI is InChI=1S/C17H10FN3O3S/c18-25-21-15(5-6-20-21)11-1-4-17(19-8-11)24-13-2-3-14-12(9-22)10-23-16(14)7-13/h1-10H. The molecule has 4 aromatic rings. The predicted molar refractivity (Wildman–Crippen MR) is 91.2 cm³/mol. The molecule has 124 valence electrons. The first kappa shape index (κ1) is 15.4. The van der Waals surface area contributed by atoms with E-state index in [-0.39, 0.29) is 12.3 Å². The van der Waals surface area contributed by atoms with Gasteiger partial charge in [0.25, 0.3) is 0 Å². The van der Waals surface area contributed by atoms with Crippen LogP contribution in [0.5, 0.6) is 11.6 Å². The van der Waals surface area contributed by atoms with Crippen LogP contribution in [0.1, 0.15) is 10.4 Å². The molecule has 8 heteroatoms. The fourth-order valence-corrected chi connectivity index (χ4v) is 2.78. The SMILES string of the molecule is O=Cc1coc2cc(Oc3ccc(-c4ccnn4SF)cn3)ccc12. The van der Waals surface area contributed by atoms with Gasteiger partial charge in [-0.1, -0.05) is 0 Å². The summed E-state index contributed by atoms with van der Waals surface area (Å²) in [6.07, 6.45) is 5.24. The van der Waals surface area contributed by atoms with Gasteiger partial charge in [0.1, 0.15) is 17.6 Å². The highest BCUT2D eigenvalue weighted by molar-refractivity contribution is 7.92. The number of pyridine rings is 1. The van der Waals surface area contributed by atoms with E-state index in [1.165, 1.54) is 12.5 Å². The van der Waals surface area contributed by atoms with Gasteiger partial charge in [-0.3, -0.25) is 4.79 Å². The molecule has 0 N–H and O–H groups in total. The number of nitrogens with zero attached hydrogens (tertiary/aromatic N) is 3. The average Bonchev–Trinajstić information content (AvgIpc) is 3.28. The second kappa shape index (κ2) is 6.40. The molecule has 0 bridgehead atoms. The summed E-state index contributed by atoms with van der Waals surface area (Å²) in [4.78, 5) is 15.1. The fraction of sp³-hybridized carbons (Fsp3) is 0. The first-order chi connectivity index (χ1) is 12.3. The molecule has 0 unspecified atom stereocenters. The van der Waals surface area contributed by atoms with Gasteiger partial charge in [0.15, 0.2) is 18.6 Å². The molecule has 0 amide bonds. The van der Waals surface area contributed by atoms with Crippen LogP contribution in [-0.4, -0.2) is 20.5 Å². The number of furan rings is 1. The number of benzene rings is 1.